The van der Waals surface area contributed by atoms with Gasteiger partial charge < -0.3 is 10.1 Å². The molecule has 1 N–H and O–H groups in total. The lowest BCUT2D eigenvalue weighted by Crippen LogP contribution is -2.36. The smallest absolute Gasteiger partial charge is 0.325 e. The molecule has 0 saturated heterocycles. The molecule has 0 aromatic carbocycles. The SMILES string of the molecule is CCC1(CC)CN=C(NCC(=O)OC)SC1. The van der Waals surface area contributed by atoms with Crippen LogP contribution in [-0.2, 0) is 9.53 Å². The van der Waals surface area contributed by atoms with Crippen molar-refractivity contribution in [1.82, 2.24) is 5.32 Å². The van der Waals surface area contributed by atoms with Crippen LogP contribution in [0.3, 0.4) is 0 Å². The van der Waals surface area contributed by atoms with Crippen molar-refractivity contribution in [3.05, 3.63) is 0 Å². The van der Waals surface area contributed by atoms with Gasteiger partial charge in [-0.05, 0) is 18.3 Å². The number of aliphatic imine (C=N–C) groups is 1. The Morgan fingerprint density at radius 1 is 1.56 bits per heavy atom. The number of thioether (sulfide) groups is 1. The summed E-state index contributed by atoms with van der Waals surface area (Å²) in [6, 6.07) is 0. The van der Waals surface area contributed by atoms with Crippen molar-refractivity contribution in [1.29, 1.82) is 0 Å². The van der Waals surface area contributed by atoms with Gasteiger partial charge in [0.15, 0.2) is 5.17 Å². The summed E-state index contributed by atoms with van der Waals surface area (Å²) in [5, 5.41) is 3.86. The predicted molar refractivity (Wildman–Crippen MR) is 67.8 cm³/mol. The first-order chi connectivity index (χ1) is 7.65. The lowest BCUT2D eigenvalue weighted by atomic mass is 9.84. The Kier molecular flexibility index (Phi) is 5.12. The van der Waals surface area contributed by atoms with E-state index in [1.807, 2.05) is 0 Å². The molecule has 4 nitrogen and oxygen atoms in total. The minimum atomic E-state index is -0.258. The van der Waals surface area contributed by atoms with Crippen molar-refractivity contribution in [3.8, 4) is 0 Å². The normalized spacial score (nSPS) is 18.8. The van der Waals surface area contributed by atoms with Gasteiger partial charge in [0.1, 0.15) is 6.54 Å². The van der Waals surface area contributed by atoms with Crippen LogP contribution in [-0.4, -0.2) is 37.1 Å². The molecular formula is C11H20N2O2S. The average Bonchev–Trinajstić information content (AvgIpc) is 2.36. The molecule has 16 heavy (non-hydrogen) atoms. The second-order valence-electron chi connectivity index (χ2n) is 4.05. The predicted octanol–water partition coefficient (Wildman–Crippen LogP) is 1.66. The van der Waals surface area contributed by atoms with E-state index in [1.54, 1.807) is 11.8 Å². The maximum atomic E-state index is 10.9. The van der Waals surface area contributed by atoms with Gasteiger partial charge >= 0.3 is 5.97 Å². The van der Waals surface area contributed by atoms with Gasteiger partial charge in [-0.1, -0.05) is 25.6 Å². The molecular weight excluding hydrogens is 224 g/mol. The molecule has 0 bridgehead atoms. The van der Waals surface area contributed by atoms with Gasteiger partial charge in [-0.15, -0.1) is 0 Å². The zero-order valence-electron chi connectivity index (χ0n) is 10.2. The summed E-state index contributed by atoms with van der Waals surface area (Å²) < 4.78 is 4.56. The number of hydrogen-bond acceptors (Lipinski definition) is 5. The lowest BCUT2D eigenvalue weighted by molar-refractivity contribution is -0.139. The van der Waals surface area contributed by atoms with Gasteiger partial charge in [0.25, 0.3) is 0 Å². The van der Waals surface area contributed by atoms with Crippen LogP contribution >= 0.6 is 11.8 Å². The summed E-state index contributed by atoms with van der Waals surface area (Å²) in [5.74, 6) is 0.818. The number of methoxy groups -OCH3 is 1. The Bertz CT molecular complexity index is 275. The van der Waals surface area contributed by atoms with Gasteiger partial charge in [-0.3, -0.25) is 9.79 Å². The summed E-state index contributed by atoms with van der Waals surface area (Å²) in [4.78, 5) is 15.4. The van der Waals surface area contributed by atoms with E-state index in [0.29, 0.717) is 5.41 Å². The fraction of sp³-hybridized carbons (Fsp3) is 0.818. The Labute approximate surface area is 101 Å². The molecule has 1 aliphatic rings. The zero-order chi connectivity index (χ0) is 12.0. The fourth-order valence-electron chi connectivity index (χ4n) is 1.56. The molecule has 0 aliphatic carbocycles. The maximum absolute atomic E-state index is 10.9. The number of ether oxygens (including phenoxy) is 1. The molecule has 0 saturated carbocycles. The van der Waals surface area contributed by atoms with Crippen LogP contribution in [0.15, 0.2) is 4.99 Å². The number of carbonyl (C=O) groups excluding carboxylic acids is 1. The summed E-state index contributed by atoms with van der Waals surface area (Å²) in [5.41, 5.74) is 0.348. The molecule has 0 spiro atoms. The number of rotatable bonds is 4. The standard InChI is InChI=1S/C11H20N2O2S/c1-4-11(5-2)7-13-10(16-8-11)12-6-9(14)15-3/h4-8H2,1-3H3,(H,12,13). The Morgan fingerprint density at radius 3 is 2.69 bits per heavy atom. The number of esters is 1. The van der Waals surface area contributed by atoms with Crippen LogP contribution < -0.4 is 5.32 Å². The third-order valence-electron chi connectivity index (χ3n) is 3.18. The Morgan fingerprint density at radius 2 is 2.25 bits per heavy atom. The number of amidine groups is 1. The summed E-state index contributed by atoms with van der Waals surface area (Å²) in [7, 11) is 1.39. The third kappa shape index (κ3) is 3.40. The van der Waals surface area contributed by atoms with Crippen LogP contribution in [0.4, 0.5) is 0 Å². The summed E-state index contributed by atoms with van der Waals surface area (Å²) in [6.45, 7) is 5.49. The minimum Gasteiger partial charge on any atom is -0.468 e. The van der Waals surface area contributed by atoms with E-state index in [9.17, 15) is 4.79 Å². The Hall–Kier alpha value is -0.710. The van der Waals surface area contributed by atoms with Crippen LogP contribution in [0.2, 0.25) is 0 Å². The van der Waals surface area contributed by atoms with E-state index in [2.05, 4.69) is 28.9 Å². The van der Waals surface area contributed by atoms with Gasteiger partial charge in [0.2, 0.25) is 0 Å². The van der Waals surface area contributed by atoms with Crippen molar-refractivity contribution >= 4 is 22.9 Å². The first-order valence-corrected chi connectivity index (χ1v) is 6.62. The molecule has 92 valence electrons. The molecule has 5 heteroatoms. The molecule has 0 aromatic rings. The molecule has 0 radical (unpaired) electrons. The first-order valence-electron chi connectivity index (χ1n) is 5.63. The quantitative estimate of drug-likeness (QED) is 0.764. The third-order valence-corrected chi connectivity index (χ3v) is 4.49. The number of nitrogens with one attached hydrogen (secondary N) is 1. The van der Waals surface area contributed by atoms with Gasteiger partial charge in [-0.25, -0.2) is 0 Å². The molecule has 1 heterocycles. The van der Waals surface area contributed by atoms with Gasteiger partial charge in [0.05, 0.1) is 7.11 Å². The first kappa shape index (κ1) is 13.4. The molecule has 1 rings (SSSR count). The maximum Gasteiger partial charge on any atom is 0.325 e. The van der Waals surface area contributed by atoms with E-state index in [1.165, 1.54) is 7.11 Å². The number of nitrogens with zero attached hydrogens (tertiary/aromatic N) is 1. The molecule has 0 unspecified atom stereocenters. The van der Waals surface area contributed by atoms with Crippen LogP contribution in [0.5, 0.6) is 0 Å². The van der Waals surface area contributed by atoms with E-state index in [0.717, 1.165) is 30.3 Å². The van der Waals surface area contributed by atoms with Crippen molar-refractivity contribution in [2.24, 2.45) is 10.4 Å². The lowest BCUT2D eigenvalue weighted by Gasteiger charge is -2.33. The van der Waals surface area contributed by atoms with Crippen molar-refractivity contribution in [2.75, 3.05) is 26.0 Å². The summed E-state index contributed by atoms with van der Waals surface area (Å²) in [6.07, 6.45) is 2.31. The highest BCUT2D eigenvalue weighted by atomic mass is 32.2. The Balaban J connectivity index is 2.43. The van der Waals surface area contributed by atoms with E-state index < -0.39 is 0 Å². The van der Waals surface area contributed by atoms with Crippen LogP contribution in [0.1, 0.15) is 26.7 Å². The highest BCUT2D eigenvalue weighted by molar-refractivity contribution is 8.13. The second kappa shape index (κ2) is 6.13. The fourth-order valence-corrected chi connectivity index (χ4v) is 2.83. The number of hydrogen-bond donors (Lipinski definition) is 1. The largest absolute Gasteiger partial charge is 0.468 e. The average molecular weight is 244 g/mol. The topological polar surface area (TPSA) is 50.7 Å². The van der Waals surface area contributed by atoms with Crippen molar-refractivity contribution < 1.29 is 9.53 Å². The summed E-state index contributed by atoms with van der Waals surface area (Å²) >= 11 is 1.70. The highest BCUT2D eigenvalue weighted by Gasteiger charge is 2.30. The van der Waals surface area contributed by atoms with Crippen molar-refractivity contribution in [2.45, 2.75) is 26.7 Å². The molecule has 0 fully saturated rings. The molecule has 1 aliphatic heterocycles. The monoisotopic (exact) mass is 244 g/mol. The van der Waals surface area contributed by atoms with Gasteiger partial charge in [-0.2, -0.15) is 0 Å². The number of carbonyl (C=O) groups is 1. The van der Waals surface area contributed by atoms with Gasteiger partial charge in [0, 0.05) is 12.3 Å². The second-order valence-corrected chi connectivity index (χ2v) is 5.01. The van der Waals surface area contributed by atoms with Crippen molar-refractivity contribution in [3.63, 3.8) is 0 Å². The minimum absolute atomic E-state index is 0.202. The molecule has 0 atom stereocenters. The molecule has 0 aromatic heterocycles. The van der Waals surface area contributed by atoms with Crippen LogP contribution in [0, 0.1) is 5.41 Å². The highest BCUT2D eigenvalue weighted by Crippen LogP contribution is 2.34. The van der Waals surface area contributed by atoms with E-state index in [-0.39, 0.29) is 12.5 Å². The molecule has 0 amide bonds. The van der Waals surface area contributed by atoms with Crippen LogP contribution in [0.25, 0.3) is 0 Å². The van der Waals surface area contributed by atoms with E-state index >= 15 is 0 Å². The van der Waals surface area contributed by atoms with E-state index in [4.69, 9.17) is 0 Å². The zero-order valence-corrected chi connectivity index (χ0v) is 11.0.